The van der Waals surface area contributed by atoms with Crippen molar-refractivity contribution in [2.75, 3.05) is 14.2 Å². The summed E-state index contributed by atoms with van der Waals surface area (Å²) in [5.41, 5.74) is 4.76. The van der Waals surface area contributed by atoms with E-state index in [0.29, 0.717) is 29.2 Å². The Morgan fingerprint density at radius 3 is 2.36 bits per heavy atom. The molecule has 0 aliphatic heterocycles. The summed E-state index contributed by atoms with van der Waals surface area (Å²) in [4.78, 5) is 28.6. The number of nitrogens with one attached hydrogen (secondary N) is 1. The number of aromatic nitrogens is 1. The molecule has 0 aliphatic rings. The highest BCUT2D eigenvalue weighted by Gasteiger charge is 2.13. The van der Waals surface area contributed by atoms with Gasteiger partial charge in [0.2, 0.25) is 5.88 Å². The van der Waals surface area contributed by atoms with Crippen LogP contribution in [-0.4, -0.2) is 35.1 Å². The number of hydrogen-bond donors (Lipinski definition) is 2. The lowest BCUT2D eigenvalue weighted by Crippen LogP contribution is -2.26. The largest absolute Gasteiger partial charge is 0.497 e. The van der Waals surface area contributed by atoms with Gasteiger partial charge in [-0.1, -0.05) is 53.8 Å². The molecule has 1 heterocycles. The molecular weight excluding hydrogens is 436 g/mol. The van der Waals surface area contributed by atoms with Gasteiger partial charge in [-0.15, -0.1) is 0 Å². The lowest BCUT2D eigenvalue weighted by Gasteiger charge is -2.18. The predicted molar refractivity (Wildman–Crippen MR) is 130 cm³/mol. The highest BCUT2D eigenvalue weighted by molar-refractivity contribution is 7.09. The first kappa shape index (κ1) is 22.4. The number of thiazole rings is 1. The molecule has 6 nitrogen and oxygen atoms in total. The number of aromatic amines is 1. The summed E-state index contributed by atoms with van der Waals surface area (Å²) in [6.07, 6.45) is 0.494. The van der Waals surface area contributed by atoms with Gasteiger partial charge in [0.05, 0.1) is 12.0 Å². The van der Waals surface area contributed by atoms with Crippen LogP contribution in [0.3, 0.4) is 0 Å². The molecule has 168 valence electrons. The lowest BCUT2D eigenvalue weighted by atomic mass is 10.0. The van der Waals surface area contributed by atoms with Crippen LogP contribution in [0.1, 0.15) is 26.4 Å². The number of nitrogens with zero attached hydrogens (tertiary/aromatic N) is 1. The number of H-pyrrole nitrogens is 1. The molecule has 7 heteroatoms. The number of rotatable bonds is 7. The van der Waals surface area contributed by atoms with Crippen LogP contribution in [0.25, 0.3) is 11.1 Å². The Morgan fingerprint density at radius 2 is 1.73 bits per heavy atom. The maximum atomic E-state index is 12.8. The van der Waals surface area contributed by atoms with Gasteiger partial charge in [0, 0.05) is 25.6 Å². The fourth-order valence-electron chi connectivity index (χ4n) is 3.62. The number of aromatic hydroxyl groups is 1. The van der Waals surface area contributed by atoms with Crippen LogP contribution < -0.4 is 9.61 Å². The molecule has 1 amide bonds. The van der Waals surface area contributed by atoms with Crippen molar-refractivity contribution in [2.24, 2.45) is 0 Å². The lowest BCUT2D eigenvalue weighted by molar-refractivity contribution is 0.0785. The average molecular weight is 461 g/mol. The van der Waals surface area contributed by atoms with Gasteiger partial charge in [0.1, 0.15) is 5.75 Å². The van der Waals surface area contributed by atoms with Crippen LogP contribution >= 0.6 is 11.3 Å². The fraction of sp³-hybridized carbons (Fsp3) is 0.154. The molecule has 0 radical (unpaired) electrons. The van der Waals surface area contributed by atoms with Gasteiger partial charge in [-0.3, -0.25) is 14.6 Å². The Morgan fingerprint density at radius 1 is 1.00 bits per heavy atom. The van der Waals surface area contributed by atoms with Crippen LogP contribution in [0.5, 0.6) is 11.6 Å². The summed E-state index contributed by atoms with van der Waals surface area (Å²) >= 11 is 1.02. The first-order valence-electron chi connectivity index (χ1n) is 10.4. The first-order valence-corrected chi connectivity index (χ1v) is 11.2. The van der Waals surface area contributed by atoms with Crippen molar-refractivity contribution in [3.05, 3.63) is 104 Å². The van der Waals surface area contributed by atoms with E-state index in [1.54, 1.807) is 43.3 Å². The molecule has 2 N–H and O–H groups in total. The van der Waals surface area contributed by atoms with Crippen molar-refractivity contribution in [1.82, 2.24) is 9.88 Å². The van der Waals surface area contributed by atoms with Gasteiger partial charge in [-0.2, -0.15) is 0 Å². The maximum Gasteiger partial charge on any atom is 0.307 e. The molecule has 1 aromatic heterocycles. The van der Waals surface area contributed by atoms with Gasteiger partial charge in [-0.25, -0.2) is 0 Å². The summed E-state index contributed by atoms with van der Waals surface area (Å²) in [7, 11) is 3.39. The zero-order valence-corrected chi connectivity index (χ0v) is 19.2. The third kappa shape index (κ3) is 5.32. The van der Waals surface area contributed by atoms with Crippen molar-refractivity contribution >= 4 is 17.2 Å². The molecule has 0 atom stereocenters. The van der Waals surface area contributed by atoms with E-state index >= 15 is 0 Å². The maximum absolute atomic E-state index is 12.8. The molecule has 33 heavy (non-hydrogen) atoms. The molecule has 0 fully saturated rings. The molecule has 4 rings (SSSR count). The molecular formula is C26H24N2O4S. The van der Waals surface area contributed by atoms with Gasteiger partial charge < -0.3 is 14.7 Å². The van der Waals surface area contributed by atoms with Crippen molar-refractivity contribution in [2.45, 2.75) is 13.0 Å². The third-order valence-corrected chi connectivity index (χ3v) is 6.25. The Bertz CT molecular complexity index is 1310. The molecule has 4 aromatic rings. The Labute approximate surface area is 195 Å². The van der Waals surface area contributed by atoms with Gasteiger partial charge >= 0.3 is 4.87 Å². The molecule has 0 spiro atoms. The smallest absolute Gasteiger partial charge is 0.307 e. The second-order valence-corrected chi connectivity index (χ2v) is 8.82. The molecule has 0 saturated carbocycles. The molecule has 0 unspecified atom stereocenters. The van der Waals surface area contributed by atoms with E-state index in [1.165, 1.54) is 0 Å². The molecule has 3 aromatic carbocycles. The fourth-order valence-corrected chi connectivity index (χ4v) is 4.38. The second-order valence-electron chi connectivity index (χ2n) is 7.75. The number of benzene rings is 3. The van der Waals surface area contributed by atoms with Crippen LogP contribution in [0, 0.1) is 0 Å². The molecule has 0 saturated heterocycles. The highest BCUT2D eigenvalue weighted by atomic mass is 32.1. The van der Waals surface area contributed by atoms with Crippen molar-refractivity contribution in [3.8, 4) is 22.8 Å². The number of methoxy groups -OCH3 is 1. The van der Waals surface area contributed by atoms with E-state index in [-0.39, 0.29) is 16.7 Å². The van der Waals surface area contributed by atoms with E-state index < -0.39 is 0 Å². The number of amides is 1. The van der Waals surface area contributed by atoms with Crippen molar-refractivity contribution in [1.29, 1.82) is 0 Å². The van der Waals surface area contributed by atoms with Crippen molar-refractivity contribution < 1.29 is 14.6 Å². The molecule has 0 aliphatic carbocycles. The number of carbonyl (C=O) groups excluding carboxylic acids is 1. The van der Waals surface area contributed by atoms with Crippen LogP contribution in [-0.2, 0) is 13.0 Å². The minimum absolute atomic E-state index is 0.0530. The molecule has 0 bridgehead atoms. The summed E-state index contributed by atoms with van der Waals surface area (Å²) < 4.78 is 5.15. The second kappa shape index (κ2) is 9.75. The van der Waals surface area contributed by atoms with E-state index in [1.807, 2.05) is 42.5 Å². The minimum atomic E-state index is -0.258. The number of carbonyl (C=O) groups is 1. The average Bonchev–Trinajstić information content (AvgIpc) is 3.15. The van der Waals surface area contributed by atoms with Gasteiger partial charge in [0.25, 0.3) is 5.91 Å². The normalized spacial score (nSPS) is 10.7. The zero-order valence-electron chi connectivity index (χ0n) is 18.4. The number of ether oxygens (including phenoxy) is 1. The Hall–Kier alpha value is -3.84. The van der Waals surface area contributed by atoms with E-state index in [0.717, 1.165) is 33.6 Å². The van der Waals surface area contributed by atoms with E-state index in [9.17, 15) is 14.7 Å². The minimum Gasteiger partial charge on any atom is -0.497 e. The standard InChI is InChI=1S/C26H24N2O4S/c1-28(25(30)20-10-12-22(32-2)13-11-20)16-18-4-3-5-21(14-18)19-8-6-17(7-9-19)15-23-24(29)27-26(31)33-23/h3-14,29H,15-16H2,1-2H3,(H,27,31). The van der Waals surface area contributed by atoms with Crippen LogP contribution in [0.4, 0.5) is 0 Å². The highest BCUT2D eigenvalue weighted by Crippen LogP contribution is 2.25. The summed E-state index contributed by atoms with van der Waals surface area (Å²) in [5, 5.41) is 9.78. The Balaban J connectivity index is 1.45. The first-order chi connectivity index (χ1) is 15.9. The van der Waals surface area contributed by atoms with Gasteiger partial charge in [-0.05, 0) is 52.6 Å². The summed E-state index contributed by atoms with van der Waals surface area (Å²) in [6, 6.07) is 23.2. The van der Waals surface area contributed by atoms with Crippen LogP contribution in [0.2, 0.25) is 0 Å². The number of hydrogen-bond acceptors (Lipinski definition) is 5. The SMILES string of the molecule is COc1ccc(C(=O)N(C)Cc2cccc(-c3ccc(Cc4sc(=O)[nH]c4O)cc3)c2)cc1. The van der Waals surface area contributed by atoms with Gasteiger partial charge in [0.15, 0.2) is 0 Å². The Kier molecular flexibility index (Phi) is 6.60. The third-order valence-electron chi connectivity index (χ3n) is 5.38. The monoisotopic (exact) mass is 460 g/mol. The van der Waals surface area contributed by atoms with Crippen molar-refractivity contribution in [3.63, 3.8) is 0 Å². The zero-order chi connectivity index (χ0) is 23.4. The van der Waals surface area contributed by atoms with E-state index in [4.69, 9.17) is 4.74 Å². The predicted octanol–water partition coefficient (Wildman–Crippen LogP) is 4.68. The quantitative estimate of drug-likeness (QED) is 0.420. The summed E-state index contributed by atoms with van der Waals surface area (Å²) in [5.74, 6) is 0.603. The summed E-state index contributed by atoms with van der Waals surface area (Å²) in [6.45, 7) is 0.489. The van der Waals surface area contributed by atoms with Crippen LogP contribution in [0.15, 0.2) is 77.6 Å². The topological polar surface area (TPSA) is 82.6 Å². The van der Waals surface area contributed by atoms with E-state index in [2.05, 4.69) is 11.1 Å².